The topological polar surface area (TPSA) is 69.6 Å². The minimum Gasteiger partial charge on any atom is -0.394 e. The van der Waals surface area contributed by atoms with Crippen molar-refractivity contribution in [3.8, 4) is 0 Å². The van der Waals surface area contributed by atoms with Crippen molar-refractivity contribution >= 4 is 73.7 Å². The molecule has 17 heavy (non-hydrogen) atoms. The van der Waals surface area contributed by atoms with Crippen LogP contribution in [-0.2, 0) is 0 Å². The first kappa shape index (κ1) is 15.9. The molecule has 0 bridgehead atoms. The summed E-state index contributed by atoms with van der Waals surface area (Å²) in [5.41, 5.74) is 0.528. The zero-order chi connectivity index (χ0) is 13.0. The van der Waals surface area contributed by atoms with Gasteiger partial charge in [0, 0.05) is 17.3 Å². The first-order valence-corrected chi connectivity index (χ1v) is 7.83. The van der Waals surface area contributed by atoms with Gasteiger partial charge in [-0.3, -0.25) is 4.79 Å². The Morgan fingerprint density at radius 1 is 1.41 bits per heavy atom. The molecule has 0 saturated heterocycles. The molecule has 0 fully saturated rings. The summed E-state index contributed by atoms with van der Waals surface area (Å²) >= 11 is 6.42. The van der Waals surface area contributed by atoms with Gasteiger partial charge in [-0.15, -0.1) is 0 Å². The summed E-state index contributed by atoms with van der Waals surface area (Å²) in [6.07, 6.45) is -0.927. The van der Waals surface area contributed by atoms with Crippen LogP contribution < -0.4 is 5.32 Å². The van der Waals surface area contributed by atoms with Gasteiger partial charge >= 0.3 is 0 Å². The van der Waals surface area contributed by atoms with E-state index >= 15 is 0 Å². The van der Waals surface area contributed by atoms with Crippen molar-refractivity contribution in [2.45, 2.75) is 6.10 Å². The highest BCUT2D eigenvalue weighted by Gasteiger charge is 2.15. The second kappa shape index (κ2) is 7.40. The minimum absolute atomic E-state index is 0.0357. The van der Waals surface area contributed by atoms with Gasteiger partial charge in [-0.1, -0.05) is 0 Å². The molecule has 93 valence electrons. The fraction of sp³-hybridized carbons (Fsp3) is 0.300. The van der Waals surface area contributed by atoms with Crippen LogP contribution in [0.4, 0.5) is 0 Å². The predicted molar refractivity (Wildman–Crippen MR) is 88.9 cm³/mol. The third-order valence-corrected chi connectivity index (χ3v) is 7.03. The fourth-order valence-electron chi connectivity index (χ4n) is 1.01. The van der Waals surface area contributed by atoms with Gasteiger partial charge in [-0.2, -0.15) is 0 Å². The van der Waals surface area contributed by atoms with Crippen LogP contribution in [0.1, 0.15) is 10.4 Å². The standard InChI is InChI=1S/C10H9I3NO3/c11-7-2-1-6(8(12)9(7)13)10(17)14-3-5(16)4-15/h1,5,15-16H,3-4H2,(H,14,17). The Bertz CT molecular complexity index is 426. The Labute approximate surface area is 140 Å². The van der Waals surface area contributed by atoms with Crippen LogP contribution in [0.2, 0.25) is 0 Å². The highest BCUT2D eigenvalue weighted by Crippen LogP contribution is 2.24. The van der Waals surface area contributed by atoms with Crippen LogP contribution in [0.25, 0.3) is 0 Å². The molecular formula is C10H9I3NO3. The quantitative estimate of drug-likeness (QED) is 0.378. The first-order chi connectivity index (χ1) is 7.97. The highest BCUT2D eigenvalue weighted by atomic mass is 127. The number of aliphatic hydroxyl groups is 2. The van der Waals surface area contributed by atoms with Crippen molar-refractivity contribution in [1.82, 2.24) is 5.32 Å². The molecule has 1 rings (SSSR count). The van der Waals surface area contributed by atoms with Gasteiger partial charge < -0.3 is 15.5 Å². The van der Waals surface area contributed by atoms with E-state index in [1.165, 1.54) is 0 Å². The average Bonchev–Trinajstić information content (AvgIpc) is 2.32. The Hall–Kier alpha value is 0.800. The van der Waals surface area contributed by atoms with Crippen LogP contribution >= 0.6 is 67.8 Å². The average molecular weight is 572 g/mol. The largest absolute Gasteiger partial charge is 0.394 e. The van der Waals surface area contributed by atoms with Gasteiger partial charge in [0.05, 0.1) is 18.3 Å². The molecule has 1 aromatic rings. The van der Waals surface area contributed by atoms with E-state index in [1.807, 2.05) is 0 Å². The van der Waals surface area contributed by atoms with Crippen molar-refractivity contribution in [2.75, 3.05) is 13.2 Å². The molecule has 0 spiro atoms. The van der Waals surface area contributed by atoms with Crippen LogP contribution in [-0.4, -0.2) is 35.4 Å². The second-order valence-corrected chi connectivity index (χ2v) is 6.43. The number of carbonyl (C=O) groups is 1. The molecule has 1 amide bonds. The summed E-state index contributed by atoms with van der Waals surface area (Å²) in [6.45, 7) is -0.332. The maximum atomic E-state index is 11.8. The minimum atomic E-state index is -0.927. The molecule has 0 aliphatic heterocycles. The number of nitrogens with one attached hydrogen (secondary N) is 1. The third kappa shape index (κ3) is 4.44. The van der Waals surface area contributed by atoms with Gasteiger partial charge in [0.15, 0.2) is 0 Å². The maximum Gasteiger partial charge on any atom is 0.252 e. The zero-order valence-corrected chi connectivity index (χ0v) is 15.0. The molecule has 1 radical (unpaired) electrons. The number of hydrogen-bond acceptors (Lipinski definition) is 3. The van der Waals surface area contributed by atoms with Crippen LogP contribution in [0.3, 0.4) is 0 Å². The van der Waals surface area contributed by atoms with E-state index in [9.17, 15) is 4.79 Å². The summed E-state index contributed by atoms with van der Waals surface area (Å²) in [6, 6.07) is 4.62. The van der Waals surface area contributed by atoms with Gasteiger partial charge in [-0.25, -0.2) is 0 Å². The van der Waals surface area contributed by atoms with Gasteiger partial charge in [0.25, 0.3) is 5.91 Å². The highest BCUT2D eigenvalue weighted by molar-refractivity contribution is 14.1. The molecule has 1 atom stereocenters. The lowest BCUT2D eigenvalue weighted by Crippen LogP contribution is -2.34. The smallest absolute Gasteiger partial charge is 0.252 e. The number of benzene rings is 1. The molecule has 3 N–H and O–H groups in total. The van der Waals surface area contributed by atoms with Crippen LogP contribution in [0, 0.1) is 16.8 Å². The van der Waals surface area contributed by atoms with E-state index in [0.29, 0.717) is 5.56 Å². The Morgan fingerprint density at radius 2 is 2.06 bits per heavy atom. The number of carbonyl (C=O) groups excluding carboxylic acids is 1. The Morgan fingerprint density at radius 3 is 2.65 bits per heavy atom. The molecule has 0 aliphatic carbocycles. The molecule has 4 nitrogen and oxygen atoms in total. The van der Waals surface area contributed by atoms with Crippen molar-refractivity contribution in [2.24, 2.45) is 0 Å². The molecule has 0 aromatic heterocycles. The molecule has 0 heterocycles. The second-order valence-electron chi connectivity index (χ2n) is 3.19. The molecule has 1 unspecified atom stereocenters. The van der Waals surface area contributed by atoms with Crippen molar-refractivity contribution in [1.29, 1.82) is 0 Å². The molecule has 0 aliphatic rings. The van der Waals surface area contributed by atoms with Crippen molar-refractivity contribution in [3.05, 3.63) is 28.4 Å². The summed E-state index contributed by atoms with van der Waals surface area (Å²) in [4.78, 5) is 11.8. The zero-order valence-electron chi connectivity index (χ0n) is 8.51. The molecule has 7 heteroatoms. The lowest BCUT2D eigenvalue weighted by atomic mass is 10.2. The van der Waals surface area contributed by atoms with Gasteiger partial charge in [0.2, 0.25) is 0 Å². The maximum absolute atomic E-state index is 11.8. The van der Waals surface area contributed by atoms with Gasteiger partial charge in [-0.05, 0) is 79.9 Å². The van der Waals surface area contributed by atoms with Crippen LogP contribution in [0.5, 0.6) is 0 Å². The molecule has 1 aromatic carbocycles. The Balaban J connectivity index is 2.80. The molecule has 0 saturated carbocycles. The van der Waals surface area contributed by atoms with Crippen LogP contribution in [0.15, 0.2) is 6.07 Å². The van der Waals surface area contributed by atoms with E-state index in [1.54, 1.807) is 6.07 Å². The van der Waals surface area contributed by atoms with Crippen molar-refractivity contribution < 1.29 is 15.0 Å². The summed E-state index contributed by atoms with van der Waals surface area (Å²) in [5.74, 6) is -0.271. The number of hydrogen-bond donors (Lipinski definition) is 3. The first-order valence-electron chi connectivity index (χ1n) is 4.59. The van der Waals surface area contributed by atoms with E-state index in [-0.39, 0.29) is 19.1 Å². The third-order valence-electron chi connectivity index (χ3n) is 1.92. The summed E-state index contributed by atoms with van der Waals surface area (Å²) < 4.78 is 2.82. The predicted octanol–water partition coefficient (Wildman–Crippen LogP) is 1.38. The number of halogens is 3. The lowest BCUT2D eigenvalue weighted by molar-refractivity contribution is 0.0801. The van der Waals surface area contributed by atoms with E-state index < -0.39 is 6.10 Å². The summed E-state index contributed by atoms with van der Waals surface area (Å²) in [5, 5.41) is 20.3. The van der Waals surface area contributed by atoms with E-state index in [2.05, 4.69) is 79.2 Å². The summed E-state index contributed by atoms with van der Waals surface area (Å²) in [7, 11) is 0. The van der Waals surface area contributed by atoms with E-state index in [0.717, 1.165) is 10.7 Å². The normalized spacial score (nSPS) is 12.3. The SMILES string of the molecule is O=C(NCC(O)CO)c1c[c]c(I)c(I)c1I. The monoisotopic (exact) mass is 572 g/mol. The fourth-order valence-corrected chi connectivity index (χ4v) is 3.07. The number of amides is 1. The molecular weight excluding hydrogens is 563 g/mol. The number of rotatable bonds is 4. The van der Waals surface area contributed by atoms with Crippen molar-refractivity contribution in [3.63, 3.8) is 0 Å². The number of aliphatic hydroxyl groups excluding tert-OH is 2. The lowest BCUT2D eigenvalue weighted by Gasteiger charge is -2.11. The van der Waals surface area contributed by atoms with Gasteiger partial charge in [0.1, 0.15) is 0 Å². The van der Waals surface area contributed by atoms with E-state index in [4.69, 9.17) is 10.2 Å². The Kier molecular flexibility index (Phi) is 6.91.